The molecule has 1 aromatic carbocycles. The van der Waals surface area contributed by atoms with E-state index in [0.717, 1.165) is 17.5 Å². The Balaban J connectivity index is 2.46. The summed E-state index contributed by atoms with van der Waals surface area (Å²) in [6.45, 7) is 2.13. The summed E-state index contributed by atoms with van der Waals surface area (Å²) in [5.74, 6) is -0.827. The van der Waals surface area contributed by atoms with E-state index in [9.17, 15) is 18.0 Å². The molecule has 0 aliphatic carbocycles. The Morgan fingerprint density at radius 2 is 2.00 bits per heavy atom. The Kier molecular flexibility index (Phi) is 5.35. The number of aliphatic hydroxyl groups excluding tert-OH is 1. The fraction of sp³-hybridized carbons (Fsp3) is 0.462. The second kappa shape index (κ2) is 6.56. The van der Waals surface area contributed by atoms with Crippen LogP contribution in [0.5, 0.6) is 0 Å². The maximum absolute atomic E-state index is 12.0. The molecule has 1 amide bonds. The smallest absolute Gasteiger partial charge is 0.383 e. The van der Waals surface area contributed by atoms with E-state index in [1.165, 1.54) is 0 Å². The number of alkyl halides is 3. The average molecular weight is 275 g/mol. The van der Waals surface area contributed by atoms with Gasteiger partial charge in [0.2, 0.25) is 5.91 Å². The third-order valence-electron chi connectivity index (χ3n) is 2.65. The van der Waals surface area contributed by atoms with Gasteiger partial charge in [-0.2, -0.15) is 13.2 Å². The zero-order valence-electron chi connectivity index (χ0n) is 10.5. The second-order valence-corrected chi connectivity index (χ2v) is 4.21. The molecule has 0 radical (unpaired) electrons. The number of halogens is 3. The molecule has 2 N–H and O–H groups in total. The van der Waals surface area contributed by atoms with Gasteiger partial charge in [-0.3, -0.25) is 4.79 Å². The van der Waals surface area contributed by atoms with Gasteiger partial charge in [-0.15, -0.1) is 0 Å². The zero-order valence-corrected chi connectivity index (χ0v) is 10.5. The summed E-state index contributed by atoms with van der Waals surface area (Å²) in [7, 11) is 0. The number of rotatable bonds is 5. The molecule has 0 saturated heterocycles. The Bertz CT molecular complexity index is 432. The Morgan fingerprint density at radius 3 is 2.58 bits per heavy atom. The van der Waals surface area contributed by atoms with E-state index in [2.05, 4.69) is 5.32 Å². The number of amides is 1. The van der Waals surface area contributed by atoms with E-state index < -0.39 is 24.6 Å². The molecule has 1 aromatic rings. The van der Waals surface area contributed by atoms with Gasteiger partial charge in [0.25, 0.3) is 0 Å². The first-order chi connectivity index (χ1) is 8.82. The fourth-order valence-corrected chi connectivity index (χ4v) is 1.52. The minimum absolute atomic E-state index is 0.150. The standard InChI is InChI=1S/C13H16F3NO2/c1-2-9-4-3-5-10(6-9)8-17-12(19)7-11(18)13(14,15)16/h3-6,11,18H,2,7-8H2,1H3,(H,17,19). The summed E-state index contributed by atoms with van der Waals surface area (Å²) in [5.41, 5.74) is 1.90. The van der Waals surface area contributed by atoms with Crippen LogP contribution in [-0.2, 0) is 17.8 Å². The van der Waals surface area contributed by atoms with Crippen molar-refractivity contribution < 1.29 is 23.1 Å². The molecule has 0 bridgehead atoms. The lowest BCUT2D eigenvalue weighted by Crippen LogP contribution is -2.35. The summed E-state index contributed by atoms with van der Waals surface area (Å²) < 4.78 is 36.1. The average Bonchev–Trinajstić information content (AvgIpc) is 2.35. The highest BCUT2D eigenvalue weighted by atomic mass is 19.4. The van der Waals surface area contributed by atoms with Crippen LogP contribution in [0.3, 0.4) is 0 Å². The molecule has 3 nitrogen and oxygen atoms in total. The summed E-state index contributed by atoms with van der Waals surface area (Å²) in [5, 5.41) is 11.1. The Morgan fingerprint density at radius 1 is 1.37 bits per heavy atom. The maximum Gasteiger partial charge on any atom is 0.414 e. The highest BCUT2D eigenvalue weighted by molar-refractivity contribution is 5.76. The van der Waals surface area contributed by atoms with E-state index >= 15 is 0 Å². The molecule has 0 aromatic heterocycles. The fourth-order valence-electron chi connectivity index (χ4n) is 1.52. The SMILES string of the molecule is CCc1cccc(CNC(=O)CC(O)C(F)(F)F)c1. The first-order valence-electron chi connectivity index (χ1n) is 5.92. The third-order valence-corrected chi connectivity index (χ3v) is 2.65. The van der Waals surface area contributed by atoms with Crippen LogP contribution in [0.2, 0.25) is 0 Å². The lowest BCUT2D eigenvalue weighted by molar-refractivity contribution is -0.205. The topological polar surface area (TPSA) is 49.3 Å². The zero-order chi connectivity index (χ0) is 14.5. The van der Waals surface area contributed by atoms with Crippen molar-refractivity contribution in [1.29, 1.82) is 0 Å². The molecule has 0 heterocycles. The number of nitrogens with one attached hydrogen (secondary N) is 1. The van der Waals surface area contributed by atoms with Gasteiger partial charge < -0.3 is 10.4 Å². The Labute approximate surface area is 109 Å². The van der Waals surface area contributed by atoms with Gasteiger partial charge in [-0.25, -0.2) is 0 Å². The van der Waals surface area contributed by atoms with E-state index in [1.807, 2.05) is 25.1 Å². The van der Waals surface area contributed by atoms with Gasteiger partial charge in [0.15, 0.2) is 6.10 Å². The van der Waals surface area contributed by atoms with Gasteiger partial charge in [0.1, 0.15) is 0 Å². The van der Waals surface area contributed by atoms with Crippen molar-refractivity contribution in [2.75, 3.05) is 0 Å². The van der Waals surface area contributed by atoms with Crippen molar-refractivity contribution in [3.8, 4) is 0 Å². The summed E-state index contributed by atoms with van der Waals surface area (Å²) in [4.78, 5) is 11.3. The van der Waals surface area contributed by atoms with Crippen LogP contribution in [-0.4, -0.2) is 23.3 Å². The van der Waals surface area contributed by atoms with Crippen LogP contribution in [0.1, 0.15) is 24.5 Å². The Hall–Kier alpha value is -1.56. The molecule has 0 saturated carbocycles. The van der Waals surface area contributed by atoms with E-state index in [4.69, 9.17) is 5.11 Å². The molecule has 0 aliphatic heterocycles. The number of benzene rings is 1. The monoisotopic (exact) mass is 275 g/mol. The molecule has 19 heavy (non-hydrogen) atoms. The summed E-state index contributed by atoms with van der Waals surface area (Å²) in [6, 6.07) is 7.41. The normalized spacial score (nSPS) is 13.1. The molecule has 0 spiro atoms. The van der Waals surface area contributed by atoms with Crippen molar-refractivity contribution in [3.63, 3.8) is 0 Å². The van der Waals surface area contributed by atoms with E-state index in [-0.39, 0.29) is 6.54 Å². The third kappa shape index (κ3) is 5.30. The van der Waals surface area contributed by atoms with Crippen molar-refractivity contribution in [1.82, 2.24) is 5.32 Å². The number of carbonyl (C=O) groups is 1. The molecular formula is C13H16F3NO2. The number of aryl methyl sites for hydroxylation is 1. The number of hydrogen-bond acceptors (Lipinski definition) is 2. The predicted octanol–water partition coefficient (Wildman–Crippen LogP) is 2.18. The van der Waals surface area contributed by atoms with Crippen LogP contribution in [0, 0.1) is 0 Å². The van der Waals surface area contributed by atoms with Crippen LogP contribution in [0.4, 0.5) is 13.2 Å². The number of carbonyl (C=O) groups excluding carboxylic acids is 1. The summed E-state index contributed by atoms with van der Waals surface area (Å²) >= 11 is 0. The molecule has 0 fully saturated rings. The molecule has 1 atom stereocenters. The molecule has 0 aliphatic rings. The molecular weight excluding hydrogens is 259 g/mol. The van der Waals surface area contributed by atoms with Gasteiger partial charge in [-0.1, -0.05) is 31.2 Å². The number of aliphatic hydroxyl groups is 1. The van der Waals surface area contributed by atoms with Crippen molar-refractivity contribution in [2.24, 2.45) is 0 Å². The van der Waals surface area contributed by atoms with Gasteiger partial charge in [-0.05, 0) is 17.5 Å². The van der Waals surface area contributed by atoms with Crippen LogP contribution in [0.15, 0.2) is 24.3 Å². The second-order valence-electron chi connectivity index (χ2n) is 4.21. The molecule has 1 rings (SSSR count). The maximum atomic E-state index is 12.0. The number of hydrogen-bond donors (Lipinski definition) is 2. The van der Waals surface area contributed by atoms with E-state index in [0.29, 0.717) is 0 Å². The van der Waals surface area contributed by atoms with Crippen molar-refractivity contribution in [2.45, 2.75) is 38.6 Å². The molecule has 106 valence electrons. The molecule has 6 heteroatoms. The van der Waals surface area contributed by atoms with Gasteiger partial charge >= 0.3 is 6.18 Å². The summed E-state index contributed by atoms with van der Waals surface area (Å²) in [6.07, 6.45) is -7.51. The highest BCUT2D eigenvalue weighted by Gasteiger charge is 2.39. The lowest BCUT2D eigenvalue weighted by atomic mass is 10.1. The first kappa shape index (κ1) is 15.5. The van der Waals surface area contributed by atoms with Gasteiger partial charge in [0.05, 0.1) is 6.42 Å². The molecule has 1 unspecified atom stereocenters. The predicted molar refractivity (Wildman–Crippen MR) is 64.3 cm³/mol. The van der Waals surface area contributed by atoms with Crippen molar-refractivity contribution in [3.05, 3.63) is 35.4 Å². The minimum Gasteiger partial charge on any atom is -0.383 e. The van der Waals surface area contributed by atoms with E-state index in [1.54, 1.807) is 6.07 Å². The van der Waals surface area contributed by atoms with Crippen LogP contribution < -0.4 is 5.32 Å². The first-order valence-corrected chi connectivity index (χ1v) is 5.92. The van der Waals surface area contributed by atoms with Crippen LogP contribution >= 0.6 is 0 Å². The van der Waals surface area contributed by atoms with Crippen LogP contribution in [0.25, 0.3) is 0 Å². The minimum atomic E-state index is -4.76. The highest BCUT2D eigenvalue weighted by Crippen LogP contribution is 2.22. The largest absolute Gasteiger partial charge is 0.414 e. The van der Waals surface area contributed by atoms with Crippen molar-refractivity contribution >= 4 is 5.91 Å². The van der Waals surface area contributed by atoms with Gasteiger partial charge in [0, 0.05) is 6.54 Å². The quantitative estimate of drug-likeness (QED) is 0.865. The lowest BCUT2D eigenvalue weighted by Gasteiger charge is -2.14.